The van der Waals surface area contributed by atoms with Crippen molar-refractivity contribution >= 4 is 22.8 Å². The lowest BCUT2D eigenvalue weighted by Gasteiger charge is -2.33. The van der Waals surface area contributed by atoms with Crippen molar-refractivity contribution in [2.75, 3.05) is 5.01 Å². The monoisotopic (exact) mass is 507 g/mol. The number of hydrogen-bond acceptors (Lipinski definition) is 5. The number of aromatic nitrogens is 2. The molecule has 1 amide bonds. The fraction of sp³-hybridized carbons (Fsp3) is 0.448. The molecule has 3 rings (SSSR count). The van der Waals surface area contributed by atoms with E-state index in [0.717, 1.165) is 15.2 Å². The third-order valence-electron chi connectivity index (χ3n) is 5.95. The van der Waals surface area contributed by atoms with Gasteiger partial charge in [0.1, 0.15) is 5.60 Å². The average Bonchev–Trinajstić information content (AvgIpc) is 2.83. The summed E-state index contributed by atoms with van der Waals surface area (Å²) in [7, 11) is 0. The lowest BCUT2D eigenvalue weighted by atomic mass is 10.0. The predicted octanol–water partition coefficient (Wildman–Crippen LogP) is 4.32. The molecule has 1 aromatic heterocycles. The lowest BCUT2D eigenvalue weighted by molar-refractivity contribution is -0.158. The Labute approximate surface area is 217 Å². The molecule has 0 saturated heterocycles. The predicted molar refractivity (Wildman–Crippen MR) is 145 cm³/mol. The first-order chi connectivity index (χ1) is 17.5. The summed E-state index contributed by atoms with van der Waals surface area (Å²) in [5.74, 6) is -0.916. The molecule has 1 heterocycles. The third kappa shape index (κ3) is 7.41. The highest BCUT2D eigenvalue weighted by atomic mass is 16.6. The van der Waals surface area contributed by atoms with E-state index in [0.29, 0.717) is 24.8 Å². The van der Waals surface area contributed by atoms with E-state index in [-0.39, 0.29) is 24.1 Å². The van der Waals surface area contributed by atoms with E-state index < -0.39 is 34.8 Å². The van der Waals surface area contributed by atoms with E-state index in [1.54, 1.807) is 45.0 Å². The zero-order valence-corrected chi connectivity index (χ0v) is 22.3. The molecule has 0 bridgehead atoms. The maximum absolute atomic E-state index is 13.6. The van der Waals surface area contributed by atoms with Crippen LogP contribution in [0.1, 0.15) is 65.9 Å². The number of nitrogens with zero attached hydrogens (tertiary/aromatic N) is 2. The van der Waals surface area contributed by atoms with Gasteiger partial charge >= 0.3 is 11.7 Å². The topological polar surface area (TPSA) is 101 Å². The van der Waals surface area contributed by atoms with Crippen LogP contribution in [0.3, 0.4) is 0 Å². The van der Waals surface area contributed by atoms with Crippen LogP contribution in [0.2, 0.25) is 0 Å². The molecule has 0 aliphatic heterocycles. The second-order valence-corrected chi connectivity index (χ2v) is 10.7. The molecule has 0 fully saturated rings. The molecule has 0 saturated carbocycles. The van der Waals surface area contributed by atoms with Crippen LogP contribution in [0.4, 0.5) is 0 Å². The van der Waals surface area contributed by atoms with Gasteiger partial charge in [0.2, 0.25) is 5.91 Å². The van der Waals surface area contributed by atoms with Gasteiger partial charge in [0.15, 0.2) is 6.04 Å². The number of rotatable bonds is 10. The number of aromatic amines is 1. The van der Waals surface area contributed by atoms with E-state index in [9.17, 15) is 19.2 Å². The highest BCUT2D eigenvalue weighted by Crippen LogP contribution is 2.18. The van der Waals surface area contributed by atoms with Crippen LogP contribution in [0.15, 0.2) is 64.2 Å². The molecule has 0 radical (unpaired) electrons. The Morgan fingerprint density at radius 1 is 0.973 bits per heavy atom. The number of H-pyrrole nitrogens is 1. The maximum Gasteiger partial charge on any atom is 0.348 e. The van der Waals surface area contributed by atoms with Crippen molar-refractivity contribution < 1.29 is 14.3 Å². The van der Waals surface area contributed by atoms with Gasteiger partial charge in [-0.3, -0.25) is 9.59 Å². The quantitative estimate of drug-likeness (QED) is 0.412. The van der Waals surface area contributed by atoms with Crippen LogP contribution in [0, 0.1) is 5.92 Å². The third-order valence-corrected chi connectivity index (χ3v) is 5.95. The molecule has 1 atom stereocenters. The first kappa shape index (κ1) is 27.9. The van der Waals surface area contributed by atoms with E-state index in [1.165, 1.54) is 0 Å². The zero-order chi connectivity index (χ0) is 27.2. The first-order valence-electron chi connectivity index (χ1n) is 12.8. The van der Waals surface area contributed by atoms with Gasteiger partial charge < -0.3 is 9.72 Å². The molecule has 198 valence electrons. The van der Waals surface area contributed by atoms with Crippen molar-refractivity contribution in [3.05, 3.63) is 81.0 Å². The van der Waals surface area contributed by atoms with Gasteiger partial charge in [0.25, 0.3) is 5.56 Å². The summed E-state index contributed by atoms with van der Waals surface area (Å²) in [6.07, 6.45) is 2.05. The summed E-state index contributed by atoms with van der Waals surface area (Å²) in [5.41, 5.74) is -0.806. The summed E-state index contributed by atoms with van der Waals surface area (Å²) < 4.78 is 6.47. The van der Waals surface area contributed by atoms with Crippen molar-refractivity contribution in [2.24, 2.45) is 5.92 Å². The van der Waals surface area contributed by atoms with E-state index >= 15 is 0 Å². The number of aryl methyl sites for hydroxylation is 1. The number of hydrogen-bond donors (Lipinski definition) is 1. The minimum Gasteiger partial charge on any atom is -0.458 e. The summed E-state index contributed by atoms with van der Waals surface area (Å²) in [5, 5.41) is 1.28. The number of para-hydroxylation sites is 1. The number of esters is 1. The lowest BCUT2D eigenvalue weighted by Crippen LogP contribution is -2.60. The highest BCUT2D eigenvalue weighted by Gasteiger charge is 2.36. The van der Waals surface area contributed by atoms with Gasteiger partial charge in [-0.15, -0.1) is 0 Å². The maximum atomic E-state index is 13.6. The van der Waals surface area contributed by atoms with Crippen LogP contribution in [-0.4, -0.2) is 33.2 Å². The number of carbonyl (C=O) groups is 2. The molecule has 8 nitrogen and oxygen atoms in total. The number of benzene rings is 2. The Kier molecular flexibility index (Phi) is 9.08. The van der Waals surface area contributed by atoms with Crippen molar-refractivity contribution in [3.63, 3.8) is 0 Å². The second kappa shape index (κ2) is 12.0. The number of fused-ring (bicyclic) bond motifs is 1. The van der Waals surface area contributed by atoms with Crippen LogP contribution < -0.4 is 16.3 Å². The van der Waals surface area contributed by atoms with Gasteiger partial charge in [-0.05, 0) is 70.1 Å². The minimum absolute atomic E-state index is 0.0777. The standard InChI is InChI=1S/C29H37N3O5/c1-20(2)18-19-25(33)31(32-26(34)22-15-9-10-16-23(22)30-28(32)36)24(27(35)37-29(3,4)5)17-11-14-21-12-7-6-8-13-21/h6-10,12-13,15-16,20,24H,11,14,17-19H2,1-5H3,(H,30,36)/t24-/m0/s1. The Balaban J connectivity index is 2.10. The first-order valence-corrected chi connectivity index (χ1v) is 12.8. The van der Waals surface area contributed by atoms with Gasteiger partial charge in [0.05, 0.1) is 10.9 Å². The normalized spacial score (nSPS) is 12.5. The number of ether oxygens (including phenoxy) is 1. The summed E-state index contributed by atoms with van der Waals surface area (Å²) in [6, 6.07) is 15.2. The van der Waals surface area contributed by atoms with Crippen LogP contribution >= 0.6 is 0 Å². The molecular weight excluding hydrogens is 470 g/mol. The Morgan fingerprint density at radius 3 is 2.27 bits per heavy atom. The Hall–Kier alpha value is -3.68. The van der Waals surface area contributed by atoms with E-state index in [4.69, 9.17) is 4.74 Å². The molecule has 0 spiro atoms. The summed E-state index contributed by atoms with van der Waals surface area (Å²) in [6.45, 7) is 9.19. The molecule has 0 unspecified atom stereocenters. The van der Waals surface area contributed by atoms with Gasteiger partial charge in [-0.2, -0.15) is 4.68 Å². The largest absolute Gasteiger partial charge is 0.458 e. The molecule has 37 heavy (non-hydrogen) atoms. The Bertz CT molecular complexity index is 1340. The van der Waals surface area contributed by atoms with Gasteiger partial charge in [0, 0.05) is 6.42 Å². The van der Waals surface area contributed by atoms with Crippen LogP contribution in [0.25, 0.3) is 10.9 Å². The molecule has 0 aliphatic rings. The fourth-order valence-corrected chi connectivity index (χ4v) is 4.15. The molecule has 3 aromatic rings. The summed E-state index contributed by atoms with van der Waals surface area (Å²) in [4.78, 5) is 56.6. The van der Waals surface area contributed by atoms with Crippen molar-refractivity contribution in [3.8, 4) is 0 Å². The summed E-state index contributed by atoms with van der Waals surface area (Å²) >= 11 is 0. The zero-order valence-electron chi connectivity index (χ0n) is 22.3. The highest BCUT2D eigenvalue weighted by molar-refractivity contribution is 5.93. The molecule has 1 N–H and O–H groups in total. The van der Waals surface area contributed by atoms with Gasteiger partial charge in [-0.25, -0.2) is 14.6 Å². The van der Waals surface area contributed by atoms with Crippen molar-refractivity contribution in [2.45, 2.75) is 78.4 Å². The van der Waals surface area contributed by atoms with Gasteiger partial charge in [-0.1, -0.05) is 56.3 Å². The number of carbonyl (C=O) groups excluding carboxylic acids is 2. The molecule has 0 aliphatic carbocycles. The van der Waals surface area contributed by atoms with E-state index in [2.05, 4.69) is 4.98 Å². The fourth-order valence-electron chi connectivity index (χ4n) is 4.15. The van der Waals surface area contributed by atoms with Crippen LogP contribution in [0.5, 0.6) is 0 Å². The molecule has 8 heteroatoms. The average molecular weight is 508 g/mol. The smallest absolute Gasteiger partial charge is 0.348 e. The minimum atomic E-state index is -1.15. The molecular formula is C29H37N3O5. The van der Waals surface area contributed by atoms with Crippen molar-refractivity contribution in [1.29, 1.82) is 0 Å². The number of nitrogens with one attached hydrogen (secondary N) is 1. The Morgan fingerprint density at radius 2 is 1.62 bits per heavy atom. The molecule has 2 aromatic carbocycles. The second-order valence-electron chi connectivity index (χ2n) is 10.7. The van der Waals surface area contributed by atoms with Crippen LogP contribution in [-0.2, 0) is 20.7 Å². The van der Waals surface area contributed by atoms with E-state index in [1.807, 2.05) is 44.2 Å². The van der Waals surface area contributed by atoms with Crippen molar-refractivity contribution in [1.82, 2.24) is 9.66 Å². The SMILES string of the molecule is CC(C)CCC(=O)N([C@@H](CCCc1ccccc1)C(=O)OC(C)(C)C)n1c(=O)[nH]c2ccccc2c1=O. The number of amides is 1.